The molecule has 0 saturated carbocycles. The molecule has 0 fully saturated rings. The Morgan fingerprint density at radius 3 is 3.18 bits per heavy atom. The Morgan fingerprint density at radius 1 is 1.64 bits per heavy atom. The summed E-state index contributed by atoms with van der Waals surface area (Å²) in [5, 5.41) is 7.01. The quantitative estimate of drug-likeness (QED) is 0.641. The van der Waals surface area contributed by atoms with Crippen molar-refractivity contribution in [3.63, 3.8) is 0 Å². The molecule has 1 N–H and O–H groups in total. The minimum Gasteiger partial charge on any atom is -0.266 e. The van der Waals surface area contributed by atoms with Gasteiger partial charge in [-0.15, -0.1) is 11.3 Å². The largest absolute Gasteiger partial charge is 0.282 e. The summed E-state index contributed by atoms with van der Waals surface area (Å²) in [6.07, 6.45) is 1.67. The zero-order valence-corrected chi connectivity index (χ0v) is 6.73. The van der Waals surface area contributed by atoms with E-state index in [9.17, 15) is 4.79 Å². The lowest BCUT2D eigenvalue weighted by atomic mass is 10.3. The predicted molar refractivity (Wildman–Crippen MR) is 45.0 cm³/mol. The van der Waals surface area contributed by atoms with Gasteiger partial charge in [0, 0.05) is 10.3 Å². The highest BCUT2D eigenvalue weighted by Crippen LogP contribution is 2.19. The molecule has 0 radical (unpaired) electrons. The first-order chi connectivity index (χ1) is 5.27. The standard InChI is InChI=1S/C7H6N2OS/c1-4-2-5-3-8-9-7(10)6(5)11-4/h2-3H,1H3,(H,9,10). The van der Waals surface area contributed by atoms with E-state index in [1.54, 1.807) is 6.20 Å². The molecule has 0 unspecified atom stereocenters. The first kappa shape index (κ1) is 6.54. The highest BCUT2D eigenvalue weighted by Gasteiger charge is 2.00. The van der Waals surface area contributed by atoms with E-state index in [0.717, 1.165) is 15.0 Å². The van der Waals surface area contributed by atoms with E-state index >= 15 is 0 Å². The summed E-state index contributed by atoms with van der Waals surface area (Å²) in [4.78, 5) is 12.2. The summed E-state index contributed by atoms with van der Waals surface area (Å²) in [5.41, 5.74) is -0.0967. The Hall–Kier alpha value is -1.16. The van der Waals surface area contributed by atoms with Gasteiger partial charge in [0.05, 0.1) is 6.20 Å². The SMILES string of the molecule is Cc1cc2cn[nH]c(=O)c2s1. The molecule has 2 heterocycles. The van der Waals surface area contributed by atoms with Gasteiger partial charge >= 0.3 is 0 Å². The molecule has 56 valence electrons. The molecule has 0 amide bonds. The maximum Gasteiger partial charge on any atom is 0.282 e. The van der Waals surface area contributed by atoms with Gasteiger partial charge in [0.1, 0.15) is 4.70 Å². The Labute approximate surface area is 66.7 Å². The summed E-state index contributed by atoms with van der Waals surface area (Å²) >= 11 is 1.49. The van der Waals surface area contributed by atoms with Crippen molar-refractivity contribution >= 4 is 21.4 Å². The monoisotopic (exact) mass is 166 g/mol. The molecule has 2 rings (SSSR count). The molecule has 0 aliphatic rings. The van der Waals surface area contributed by atoms with Gasteiger partial charge in [0.2, 0.25) is 0 Å². The fraction of sp³-hybridized carbons (Fsp3) is 0.143. The van der Waals surface area contributed by atoms with Crippen LogP contribution in [0.25, 0.3) is 10.1 Å². The number of thiophene rings is 1. The summed E-state index contributed by atoms with van der Waals surface area (Å²) in [7, 11) is 0. The number of nitrogens with one attached hydrogen (secondary N) is 1. The fourth-order valence-electron chi connectivity index (χ4n) is 1.02. The Balaban J connectivity index is 3.02. The molecule has 0 aliphatic carbocycles. The van der Waals surface area contributed by atoms with Gasteiger partial charge in [-0.2, -0.15) is 5.10 Å². The highest BCUT2D eigenvalue weighted by atomic mass is 32.1. The van der Waals surface area contributed by atoms with Crippen LogP contribution in [0.3, 0.4) is 0 Å². The molecule has 11 heavy (non-hydrogen) atoms. The van der Waals surface area contributed by atoms with Gasteiger partial charge in [0.15, 0.2) is 0 Å². The van der Waals surface area contributed by atoms with Gasteiger partial charge in [0.25, 0.3) is 5.56 Å². The summed E-state index contributed by atoms with van der Waals surface area (Å²) in [6.45, 7) is 1.98. The van der Waals surface area contributed by atoms with Gasteiger partial charge in [-0.25, -0.2) is 5.10 Å². The molecule has 0 aliphatic heterocycles. The van der Waals surface area contributed by atoms with Crippen LogP contribution in [0.5, 0.6) is 0 Å². The normalized spacial score (nSPS) is 10.6. The van der Waals surface area contributed by atoms with Crippen LogP contribution >= 0.6 is 11.3 Å². The lowest BCUT2D eigenvalue weighted by molar-refractivity contribution is 1.01. The lowest BCUT2D eigenvalue weighted by Gasteiger charge is -1.82. The van der Waals surface area contributed by atoms with Crippen molar-refractivity contribution in [1.82, 2.24) is 10.2 Å². The first-order valence-corrected chi connectivity index (χ1v) is 4.03. The van der Waals surface area contributed by atoms with E-state index in [0.29, 0.717) is 0 Å². The number of aryl methyl sites for hydroxylation is 1. The second-order valence-corrected chi connectivity index (χ2v) is 3.60. The van der Waals surface area contributed by atoms with E-state index in [1.165, 1.54) is 11.3 Å². The van der Waals surface area contributed by atoms with Crippen LogP contribution in [0.2, 0.25) is 0 Å². The molecule has 4 heteroatoms. The van der Waals surface area contributed by atoms with E-state index in [-0.39, 0.29) is 5.56 Å². The second-order valence-electron chi connectivity index (χ2n) is 2.34. The van der Waals surface area contributed by atoms with E-state index in [1.807, 2.05) is 13.0 Å². The van der Waals surface area contributed by atoms with Crippen molar-refractivity contribution in [2.75, 3.05) is 0 Å². The third kappa shape index (κ3) is 0.952. The number of hydrogen-bond acceptors (Lipinski definition) is 3. The highest BCUT2D eigenvalue weighted by molar-refractivity contribution is 7.18. The zero-order valence-electron chi connectivity index (χ0n) is 5.92. The Morgan fingerprint density at radius 2 is 2.45 bits per heavy atom. The summed E-state index contributed by atoms with van der Waals surface area (Å²) in [5.74, 6) is 0. The van der Waals surface area contributed by atoms with Crippen LogP contribution in [-0.4, -0.2) is 10.2 Å². The van der Waals surface area contributed by atoms with Crippen LogP contribution in [0.15, 0.2) is 17.1 Å². The first-order valence-electron chi connectivity index (χ1n) is 3.21. The Bertz CT molecular complexity index is 443. The summed E-state index contributed by atoms with van der Waals surface area (Å²) in [6, 6.07) is 1.96. The van der Waals surface area contributed by atoms with Crippen molar-refractivity contribution < 1.29 is 0 Å². The van der Waals surface area contributed by atoms with Crippen molar-refractivity contribution in [1.29, 1.82) is 0 Å². The summed E-state index contributed by atoms with van der Waals surface area (Å²) < 4.78 is 0.762. The number of rotatable bonds is 0. The average Bonchev–Trinajstić information content (AvgIpc) is 2.31. The van der Waals surface area contributed by atoms with Gasteiger partial charge in [-0.3, -0.25) is 4.79 Å². The second kappa shape index (κ2) is 2.17. The zero-order chi connectivity index (χ0) is 7.84. The molecule has 0 saturated heterocycles. The molecule has 2 aromatic rings. The van der Waals surface area contributed by atoms with E-state index in [2.05, 4.69) is 10.2 Å². The molecule has 0 atom stereocenters. The molecule has 0 aromatic carbocycles. The van der Waals surface area contributed by atoms with Crippen molar-refractivity contribution in [3.8, 4) is 0 Å². The number of aromatic amines is 1. The van der Waals surface area contributed by atoms with Gasteiger partial charge in [-0.05, 0) is 13.0 Å². The minimum absolute atomic E-state index is 0.0967. The average molecular weight is 166 g/mol. The molecule has 3 nitrogen and oxygen atoms in total. The van der Waals surface area contributed by atoms with Crippen LogP contribution < -0.4 is 5.56 Å². The third-order valence-corrected chi connectivity index (χ3v) is 2.53. The molecule has 2 aromatic heterocycles. The van der Waals surface area contributed by atoms with Crippen molar-refractivity contribution in [3.05, 3.63) is 27.5 Å². The number of aromatic nitrogens is 2. The molecule has 0 spiro atoms. The van der Waals surface area contributed by atoms with Crippen LogP contribution in [0, 0.1) is 6.92 Å². The van der Waals surface area contributed by atoms with Crippen LogP contribution in [0.1, 0.15) is 4.88 Å². The topological polar surface area (TPSA) is 45.8 Å². The Kier molecular flexibility index (Phi) is 1.29. The number of nitrogens with zero attached hydrogens (tertiary/aromatic N) is 1. The minimum atomic E-state index is -0.0967. The number of hydrogen-bond donors (Lipinski definition) is 1. The van der Waals surface area contributed by atoms with Crippen molar-refractivity contribution in [2.45, 2.75) is 6.92 Å². The third-order valence-electron chi connectivity index (χ3n) is 1.46. The fourth-order valence-corrected chi connectivity index (χ4v) is 1.89. The van der Waals surface area contributed by atoms with E-state index < -0.39 is 0 Å². The molecular weight excluding hydrogens is 160 g/mol. The number of fused-ring (bicyclic) bond motifs is 1. The van der Waals surface area contributed by atoms with Gasteiger partial charge < -0.3 is 0 Å². The maximum atomic E-state index is 11.1. The van der Waals surface area contributed by atoms with Gasteiger partial charge in [-0.1, -0.05) is 0 Å². The maximum absolute atomic E-state index is 11.1. The van der Waals surface area contributed by atoms with E-state index in [4.69, 9.17) is 0 Å². The van der Waals surface area contributed by atoms with Crippen LogP contribution in [0.4, 0.5) is 0 Å². The smallest absolute Gasteiger partial charge is 0.266 e. The number of H-pyrrole nitrogens is 1. The predicted octanol–water partition coefficient (Wildman–Crippen LogP) is 1.29. The lowest BCUT2D eigenvalue weighted by Crippen LogP contribution is -2.04. The van der Waals surface area contributed by atoms with Crippen LogP contribution in [-0.2, 0) is 0 Å². The molecule has 0 bridgehead atoms. The molecular formula is C7H6N2OS. The van der Waals surface area contributed by atoms with Crippen molar-refractivity contribution in [2.24, 2.45) is 0 Å².